The van der Waals surface area contributed by atoms with Crippen molar-refractivity contribution in [1.82, 2.24) is 0 Å². The zero-order valence-electron chi connectivity index (χ0n) is 27.5. The molecule has 1 saturated heterocycles. The molecule has 43 heavy (non-hydrogen) atoms. The lowest BCUT2D eigenvalue weighted by molar-refractivity contribution is -0.162. The highest BCUT2D eigenvalue weighted by Crippen LogP contribution is 2.37. The molecule has 0 aliphatic carbocycles. The van der Waals surface area contributed by atoms with E-state index in [1.54, 1.807) is 0 Å². The Morgan fingerprint density at radius 3 is 1.79 bits per heavy atom. The third kappa shape index (κ3) is 12.3. The van der Waals surface area contributed by atoms with Crippen LogP contribution in [0.25, 0.3) is 0 Å². The molecule has 0 amide bonds. The van der Waals surface area contributed by atoms with Gasteiger partial charge in [0.25, 0.3) is 8.32 Å². The maximum absolute atomic E-state index is 7.19. The monoisotopic (exact) mass is 600 g/mol. The van der Waals surface area contributed by atoms with Gasteiger partial charge in [0.2, 0.25) is 0 Å². The quantitative estimate of drug-likeness (QED) is 0.109. The molecule has 0 bridgehead atoms. The van der Waals surface area contributed by atoms with Crippen LogP contribution in [0.3, 0.4) is 0 Å². The van der Waals surface area contributed by atoms with Gasteiger partial charge in [-0.1, -0.05) is 94.3 Å². The fourth-order valence-corrected chi connectivity index (χ4v) is 10.6. The van der Waals surface area contributed by atoms with Crippen LogP contribution >= 0.6 is 0 Å². The second kappa shape index (κ2) is 19.8. The fourth-order valence-electron chi connectivity index (χ4n) is 5.88. The molecule has 0 aromatic heterocycles. The van der Waals surface area contributed by atoms with Crippen molar-refractivity contribution >= 4 is 18.7 Å². The molecule has 3 nitrogen and oxygen atoms in total. The predicted molar refractivity (Wildman–Crippen MR) is 184 cm³/mol. The van der Waals surface area contributed by atoms with E-state index in [2.05, 4.69) is 112 Å². The molecule has 1 aliphatic heterocycles. The summed E-state index contributed by atoms with van der Waals surface area (Å²) in [5, 5.41) is 2.70. The first-order valence-corrected chi connectivity index (χ1v) is 18.8. The highest BCUT2D eigenvalue weighted by Gasteiger charge is 2.50. The topological polar surface area (TPSA) is 27.7 Å². The number of unbranched alkanes of at least 4 members (excludes halogenated alkanes) is 7. The van der Waals surface area contributed by atoms with E-state index < -0.39 is 8.32 Å². The standard InChI is InChI=1S/C39H56O3Si/c1-35(42-43(39(2,3)4,36-28-20-17-21-29-36)37-30-22-18-23-31-37)27-19-15-13-11-9-7-5-6-8-10-12-14-16-25-33-40-38-32-24-26-34-41-38/h17-18,20-23,28-31,35,38H,5-10,15-16,19,24-27,32-34H2,1-4H3/t35-,38?/m0/s1. The van der Waals surface area contributed by atoms with Gasteiger partial charge in [0.05, 0.1) is 6.61 Å². The third-order valence-electron chi connectivity index (χ3n) is 8.20. The van der Waals surface area contributed by atoms with Crippen LogP contribution in [0.2, 0.25) is 5.04 Å². The Kier molecular flexibility index (Phi) is 16.2. The van der Waals surface area contributed by atoms with Crippen molar-refractivity contribution in [2.75, 3.05) is 13.2 Å². The minimum Gasteiger partial charge on any atom is -0.405 e. The summed E-state index contributed by atoms with van der Waals surface area (Å²) in [7, 11) is -2.48. The van der Waals surface area contributed by atoms with E-state index in [4.69, 9.17) is 13.9 Å². The second-order valence-corrected chi connectivity index (χ2v) is 17.1. The molecule has 234 valence electrons. The Balaban J connectivity index is 1.28. The van der Waals surface area contributed by atoms with E-state index in [1.165, 1.54) is 48.9 Å². The Bertz CT molecular complexity index is 1090. The van der Waals surface area contributed by atoms with Crippen LogP contribution in [-0.4, -0.2) is 33.9 Å². The first-order valence-electron chi connectivity index (χ1n) is 16.9. The summed E-state index contributed by atoms with van der Waals surface area (Å²) < 4.78 is 18.5. The van der Waals surface area contributed by atoms with Crippen LogP contribution in [-0.2, 0) is 13.9 Å². The summed E-state index contributed by atoms with van der Waals surface area (Å²) in [6.07, 6.45) is 15.5. The molecule has 1 unspecified atom stereocenters. The zero-order chi connectivity index (χ0) is 30.6. The SMILES string of the molecule is C[C@@H](CCCC#CCCCCCCC#CCCCOC1CCCCO1)O[Si](c1ccccc1)(c1ccccc1)C(C)(C)C. The molecule has 3 rings (SSSR count). The number of ether oxygens (including phenoxy) is 2. The molecule has 1 fully saturated rings. The van der Waals surface area contributed by atoms with Crippen molar-refractivity contribution in [3.05, 3.63) is 60.7 Å². The zero-order valence-corrected chi connectivity index (χ0v) is 28.5. The highest BCUT2D eigenvalue weighted by molar-refractivity contribution is 6.99. The summed E-state index contributed by atoms with van der Waals surface area (Å²) >= 11 is 0. The van der Waals surface area contributed by atoms with Gasteiger partial charge in [0.15, 0.2) is 6.29 Å². The van der Waals surface area contributed by atoms with Crippen LogP contribution in [0.4, 0.5) is 0 Å². The smallest absolute Gasteiger partial charge is 0.261 e. The van der Waals surface area contributed by atoms with Gasteiger partial charge in [-0.25, -0.2) is 0 Å². The summed E-state index contributed by atoms with van der Waals surface area (Å²) in [6, 6.07) is 21.9. The van der Waals surface area contributed by atoms with Crippen LogP contribution < -0.4 is 10.4 Å². The molecule has 2 aromatic carbocycles. The van der Waals surface area contributed by atoms with Gasteiger partial charge in [-0.05, 0) is 73.7 Å². The Morgan fingerprint density at radius 1 is 0.744 bits per heavy atom. The van der Waals surface area contributed by atoms with E-state index in [1.807, 2.05) is 0 Å². The van der Waals surface area contributed by atoms with Gasteiger partial charge in [0.1, 0.15) is 0 Å². The maximum atomic E-state index is 7.19. The van der Waals surface area contributed by atoms with Crippen molar-refractivity contribution in [2.24, 2.45) is 0 Å². The number of rotatable bonds is 16. The average Bonchev–Trinajstić information content (AvgIpc) is 3.02. The van der Waals surface area contributed by atoms with E-state index in [9.17, 15) is 0 Å². The van der Waals surface area contributed by atoms with E-state index in [0.29, 0.717) is 0 Å². The molecule has 0 radical (unpaired) electrons. The first kappa shape index (κ1) is 35.1. The summed E-state index contributed by atoms with van der Waals surface area (Å²) in [5.74, 6) is 13.4. The van der Waals surface area contributed by atoms with E-state index >= 15 is 0 Å². The minimum absolute atomic E-state index is 0.00968. The normalized spacial score (nSPS) is 16.0. The Labute approximate surface area is 264 Å². The number of hydrogen-bond donors (Lipinski definition) is 0. The van der Waals surface area contributed by atoms with Gasteiger partial charge in [-0.2, -0.15) is 0 Å². The predicted octanol–water partition coefficient (Wildman–Crippen LogP) is 8.79. The van der Waals surface area contributed by atoms with Gasteiger partial charge in [-0.3, -0.25) is 0 Å². The van der Waals surface area contributed by atoms with E-state index in [-0.39, 0.29) is 17.4 Å². The molecule has 2 aromatic rings. The average molecular weight is 601 g/mol. The molecule has 0 saturated carbocycles. The second-order valence-electron chi connectivity index (χ2n) is 12.9. The lowest BCUT2D eigenvalue weighted by Gasteiger charge is -2.44. The lowest BCUT2D eigenvalue weighted by Crippen LogP contribution is -2.67. The molecular formula is C39H56O3Si. The minimum atomic E-state index is -2.48. The Morgan fingerprint density at radius 2 is 1.28 bits per heavy atom. The van der Waals surface area contributed by atoms with Crippen LogP contribution in [0.5, 0.6) is 0 Å². The van der Waals surface area contributed by atoms with Gasteiger partial charge >= 0.3 is 0 Å². The van der Waals surface area contributed by atoms with Crippen LogP contribution in [0.1, 0.15) is 118 Å². The number of benzene rings is 2. The van der Waals surface area contributed by atoms with Gasteiger partial charge in [0, 0.05) is 38.4 Å². The molecule has 1 aliphatic rings. The first-order chi connectivity index (χ1) is 20.9. The summed E-state index contributed by atoms with van der Waals surface area (Å²) in [5.41, 5.74) is 0. The molecule has 0 spiro atoms. The molecule has 0 N–H and O–H groups in total. The number of hydrogen-bond acceptors (Lipinski definition) is 3. The van der Waals surface area contributed by atoms with Crippen LogP contribution in [0, 0.1) is 23.7 Å². The Hall–Kier alpha value is -2.34. The molecule has 1 heterocycles. The summed E-state index contributed by atoms with van der Waals surface area (Å²) in [6.45, 7) is 10.9. The maximum Gasteiger partial charge on any atom is 0.261 e. The fraction of sp³-hybridized carbons (Fsp3) is 0.590. The largest absolute Gasteiger partial charge is 0.405 e. The summed E-state index contributed by atoms with van der Waals surface area (Å²) in [4.78, 5) is 0. The van der Waals surface area contributed by atoms with Gasteiger partial charge < -0.3 is 13.9 Å². The van der Waals surface area contributed by atoms with Crippen molar-refractivity contribution in [1.29, 1.82) is 0 Å². The van der Waals surface area contributed by atoms with Crippen LogP contribution in [0.15, 0.2) is 60.7 Å². The van der Waals surface area contributed by atoms with Crippen molar-refractivity contribution in [3.8, 4) is 23.7 Å². The van der Waals surface area contributed by atoms with Gasteiger partial charge in [-0.15, -0.1) is 23.7 Å². The van der Waals surface area contributed by atoms with E-state index in [0.717, 1.165) is 64.6 Å². The lowest BCUT2D eigenvalue weighted by atomic mass is 10.1. The molecule has 4 heteroatoms. The highest BCUT2D eigenvalue weighted by atomic mass is 28.4. The molecule has 2 atom stereocenters. The van der Waals surface area contributed by atoms with Crippen molar-refractivity contribution in [3.63, 3.8) is 0 Å². The molecular weight excluding hydrogens is 545 g/mol. The van der Waals surface area contributed by atoms with Crippen molar-refractivity contribution in [2.45, 2.75) is 135 Å². The third-order valence-corrected chi connectivity index (χ3v) is 13.4. The van der Waals surface area contributed by atoms with Crippen molar-refractivity contribution < 1.29 is 13.9 Å².